The van der Waals surface area contributed by atoms with E-state index in [2.05, 4.69) is 0 Å². The molecular formula is C14H16O4. The van der Waals surface area contributed by atoms with E-state index >= 15 is 0 Å². The van der Waals surface area contributed by atoms with Crippen molar-refractivity contribution in [3.63, 3.8) is 0 Å². The van der Waals surface area contributed by atoms with Crippen LogP contribution in [-0.4, -0.2) is 31.1 Å². The van der Waals surface area contributed by atoms with E-state index in [1.54, 1.807) is 6.08 Å². The van der Waals surface area contributed by atoms with E-state index in [0.29, 0.717) is 0 Å². The van der Waals surface area contributed by atoms with Crippen molar-refractivity contribution in [1.29, 1.82) is 0 Å². The minimum Gasteiger partial charge on any atom is -0.463 e. The molecular weight excluding hydrogens is 232 g/mol. The fraction of sp³-hybridized carbons (Fsp3) is 0.286. The van der Waals surface area contributed by atoms with Crippen molar-refractivity contribution < 1.29 is 19.1 Å². The third kappa shape index (κ3) is 6.60. The van der Waals surface area contributed by atoms with Gasteiger partial charge < -0.3 is 9.47 Å². The van der Waals surface area contributed by atoms with Gasteiger partial charge in [0.15, 0.2) is 5.78 Å². The van der Waals surface area contributed by atoms with Gasteiger partial charge in [0.05, 0.1) is 0 Å². The summed E-state index contributed by atoms with van der Waals surface area (Å²) in [5.74, 6) is -0.405. The molecule has 0 aromatic heterocycles. The fourth-order valence-corrected chi connectivity index (χ4v) is 1.20. The summed E-state index contributed by atoms with van der Waals surface area (Å²) >= 11 is 0. The molecule has 1 aliphatic heterocycles. The van der Waals surface area contributed by atoms with E-state index in [9.17, 15) is 9.59 Å². The molecule has 4 nitrogen and oxygen atoms in total. The minimum atomic E-state index is -0.344. The molecule has 1 aromatic carbocycles. The Morgan fingerprint density at radius 2 is 1.83 bits per heavy atom. The molecule has 0 aliphatic carbocycles. The number of esters is 1. The van der Waals surface area contributed by atoms with Crippen LogP contribution in [0, 0.1) is 0 Å². The van der Waals surface area contributed by atoms with Crippen molar-refractivity contribution in [3.05, 3.63) is 48.6 Å². The summed E-state index contributed by atoms with van der Waals surface area (Å²) in [6, 6.07) is 12.0. The minimum absolute atomic E-state index is 0.0610. The van der Waals surface area contributed by atoms with Crippen LogP contribution in [0.5, 0.6) is 0 Å². The van der Waals surface area contributed by atoms with E-state index in [-0.39, 0.29) is 31.1 Å². The van der Waals surface area contributed by atoms with Crippen LogP contribution in [-0.2, 0) is 19.1 Å². The molecule has 1 aliphatic rings. The molecule has 1 aromatic rings. The number of benzene rings is 1. The van der Waals surface area contributed by atoms with Crippen LogP contribution in [0.25, 0.3) is 0 Å². The zero-order chi connectivity index (χ0) is 13.2. The van der Waals surface area contributed by atoms with Crippen LogP contribution < -0.4 is 0 Å². The highest BCUT2D eigenvalue weighted by molar-refractivity contribution is 5.91. The predicted molar refractivity (Wildman–Crippen MR) is 67.0 cm³/mol. The molecule has 1 atom stereocenters. The predicted octanol–water partition coefficient (Wildman–Crippen LogP) is 1.76. The van der Waals surface area contributed by atoms with Crippen molar-refractivity contribution in [2.24, 2.45) is 0 Å². The summed E-state index contributed by atoms with van der Waals surface area (Å²) in [6.07, 6.45) is 2.76. The lowest BCUT2D eigenvalue weighted by Crippen LogP contribution is -2.25. The van der Waals surface area contributed by atoms with Gasteiger partial charge in [-0.05, 0) is 12.2 Å². The highest BCUT2D eigenvalue weighted by Gasteiger charge is 2.13. The van der Waals surface area contributed by atoms with Gasteiger partial charge in [0, 0.05) is 6.92 Å². The number of hydrogen-bond acceptors (Lipinski definition) is 4. The van der Waals surface area contributed by atoms with Crippen LogP contribution in [0.3, 0.4) is 0 Å². The first-order valence-corrected chi connectivity index (χ1v) is 5.64. The number of carbonyl (C=O) groups excluding carboxylic acids is 2. The number of carbonyl (C=O) groups is 2. The number of hydrogen-bond donors (Lipinski definition) is 0. The van der Waals surface area contributed by atoms with Gasteiger partial charge in [-0.1, -0.05) is 36.4 Å². The van der Waals surface area contributed by atoms with E-state index in [0.717, 1.165) is 0 Å². The molecule has 0 N–H and O–H groups in total. The normalized spacial score (nSPS) is 17.6. The van der Waals surface area contributed by atoms with Crippen molar-refractivity contribution in [1.82, 2.24) is 0 Å². The maximum absolute atomic E-state index is 10.6. The van der Waals surface area contributed by atoms with Crippen LogP contribution in [0.2, 0.25) is 0 Å². The zero-order valence-corrected chi connectivity index (χ0v) is 10.2. The number of rotatable bonds is 2. The lowest BCUT2D eigenvalue weighted by molar-refractivity contribution is -0.144. The molecule has 0 amide bonds. The Kier molecular flexibility index (Phi) is 6.43. The first-order chi connectivity index (χ1) is 8.68. The van der Waals surface area contributed by atoms with Crippen molar-refractivity contribution in [3.8, 4) is 0 Å². The van der Waals surface area contributed by atoms with Crippen molar-refractivity contribution in [2.75, 3.05) is 13.2 Å². The van der Waals surface area contributed by atoms with Gasteiger partial charge >= 0.3 is 5.97 Å². The van der Waals surface area contributed by atoms with Crippen LogP contribution in [0.15, 0.2) is 48.6 Å². The largest absolute Gasteiger partial charge is 0.463 e. The smallest absolute Gasteiger partial charge is 0.302 e. The SMILES string of the molecule is CC(=O)OCC1C=CC(=O)CO1.c1ccccc1. The second kappa shape index (κ2) is 8.20. The van der Waals surface area contributed by atoms with Gasteiger partial charge in [-0.2, -0.15) is 0 Å². The summed E-state index contributed by atoms with van der Waals surface area (Å²) in [5, 5.41) is 0. The van der Waals surface area contributed by atoms with E-state index < -0.39 is 0 Å². The Balaban J connectivity index is 0.000000225. The molecule has 0 fully saturated rings. The summed E-state index contributed by atoms with van der Waals surface area (Å²) < 4.78 is 9.72. The lowest BCUT2D eigenvalue weighted by atomic mass is 10.2. The Bertz CT molecular complexity index is 371. The van der Waals surface area contributed by atoms with Crippen LogP contribution >= 0.6 is 0 Å². The van der Waals surface area contributed by atoms with E-state index in [1.165, 1.54) is 13.0 Å². The highest BCUT2D eigenvalue weighted by atomic mass is 16.6. The summed E-state index contributed by atoms with van der Waals surface area (Å²) in [7, 11) is 0. The van der Waals surface area contributed by atoms with Gasteiger partial charge in [0.2, 0.25) is 0 Å². The zero-order valence-electron chi connectivity index (χ0n) is 10.2. The Hall–Kier alpha value is -1.94. The fourth-order valence-electron chi connectivity index (χ4n) is 1.20. The third-order valence-electron chi connectivity index (χ3n) is 2.05. The molecule has 96 valence electrons. The molecule has 0 bridgehead atoms. The van der Waals surface area contributed by atoms with Crippen molar-refractivity contribution >= 4 is 11.8 Å². The summed E-state index contributed by atoms with van der Waals surface area (Å²) in [4.78, 5) is 21.0. The lowest BCUT2D eigenvalue weighted by Gasteiger charge is -2.15. The molecule has 0 radical (unpaired) electrons. The Labute approximate surface area is 106 Å². The summed E-state index contributed by atoms with van der Waals surface area (Å²) in [5.41, 5.74) is 0. The average Bonchev–Trinajstić information content (AvgIpc) is 2.41. The molecule has 0 spiro atoms. The Morgan fingerprint density at radius 1 is 1.28 bits per heavy atom. The maximum Gasteiger partial charge on any atom is 0.302 e. The first kappa shape index (κ1) is 14.1. The molecule has 4 heteroatoms. The second-order valence-electron chi connectivity index (χ2n) is 3.63. The monoisotopic (exact) mass is 248 g/mol. The third-order valence-corrected chi connectivity index (χ3v) is 2.05. The number of ketones is 1. The van der Waals surface area contributed by atoms with Gasteiger partial charge in [-0.25, -0.2) is 0 Å². The molecule has 1 unspecified atom stereocenters. The average molecular weight is 248 g/mol. The molecule has 0 saturated heterocycles. The Morgan fingerprint density at radius 3 is 2.22 bits per heavy atom. The van der Waals surface area contributed by atoms with Gasteiger partial charge in [0.1, 0.15) is 19.3 Å². The van der Waals surface area contributed by atoms with Gasteiger partial charge in [-0.15, -0.1) is 0 Å². The quantitative estimate of drug-likeness (QED) is 0.748. The van der Waals surface area contributed by atoms with Gasteiger partial charge in [0.25, 0.3) is 0 Å². The van der Waals surface area contributed by atoms with Crippen LogP contribution in [0.1, 0.15) is 6.92 Å². The second-order valence-corrected chi connectivity index (χ2v) is 3.63. The van der Waals surface area contributed by atoms with E-state index in [4.69, 9.17) is 9.47 Å². The number of ether oxygens (including phenoxy) is 2. The van der Waals surface area contributed by atoms with Crippen molar-refractivity contribution in [2.45, 2.75) is 13.0 Å². The van der Waals surface area contributed by atoms with Crippen LogP contribution in [0.4, 0.5) is 0 Å². The molecule has 18 heavy (non-hydrogen) atoms. The topological polar surface area (TPSA) is 52.6 Å². The van der Waals surface area contributed by atoms with Gasteiger partial charge in [-0.3, -0.25) is 9.59 Å². The molecule has 2 rings (SSSR count). The molecule has 1 heterocycles. The molecule has 0 saturated carbocycles. The maximum atomic E-state index is 10.6. The first-order valence-electron chi connectivity index (χ1n) is 5.64. The van der Waals surface area contributed by atoms with E-state index in [1.807, 2.05) is 36.4 Å². The summed E-state index contributed by atoms with van der Waals surface area (Å²) in [6.45, 7) is 1.58. The standard InChI is InChI=1S/C8H10O4.C6H6/c1-6(9)11-5-8-3-2-7(10)4-12-8;1-2-4-6-5-3-1/h2-3,8H,4-5H2,1H3;1-6H. The highest BCUT2D eigenvalue weighted by Crippen LogP contribution is 2.02.